The van der Waals surface area contributed by atoms with E-state index >= 15 is 0 Å². The Kier molecular flexibility index (Phi) is 6.51. The average Bonchev–Trinajstić information content (AvgIpc) is 2.73. The summed E-state index contributed by atoms with van der Waals surface area (Å²) in [4.78, 5) is 25.7. The van der Waals surface area contributed by atoms with Crippen LogP contribution in [0.4, 0.5) is 0 Å². The van der Waals surface area contributed by atoms with Crippen molar-refractivity contribution in [3.05, 3.63) is 71.4 Å². The quantitative estimate of drug-likeness (QED) is 0.641. The number of pyridine rings is 1. The standard InChI is InChI=1S/C22H24N4O3/c1-14-4-5-21(25-11-14)17-8-18(10-20(9-17)29-7-6-27)22(28)26-15(2)19-12-23-16(3)24-13-19/h4-5,8-13,15,27H,6-7H2,1-3H3,(H,26,28)/t15-/m1/s1. The fraction of sp³-hybridized carbons (Fsp3) is 0.273. The number of nitrogens with zero attached hydrogens (tertiary/aromatic N) is 3. The molecule has 0 radical (unpaired) electrons. The summed E-state index contributed by atoms with van der Waals surface area (Å²) in [5.41, 5.74) is 3.80. The van der Waals surface area contributed by atoms with Crippen LogP contribution < -0.4 is 10.1 Å². The van der Waals surface area contributed by atoms with E-state index in [1.54, 1.807) is 36.8 Å². The number of amides is 1. The summed E-state index contributed by atoms with van der Waals surface area (Å²) in [7, 11) is 0. The maximum absolute atomic E-state index is 12.9. The molecular weight excluding hydrogens is 368 g/mol. The lowest BCUT2D eigenvalue weighted by molar-refractivity contribution is 0.0939. The van der Waals surface area contributed by atoms with Gasteiger partial charge in [-0.3, -0.25) is 9.78 Å². The van der Waals surface area contributed by atoms with Crippen molar-refractivity contribution in [3.63, 3.8) is 0 Å². The van der Waals surface area contributed by atoms with Crippen LogP contribution in [0.1, 0.15) is 40.3 Å². The highest BCUT2D eigenvalue weighted by Crippen LogP contribution is 2.26. The highest BCUT2D eigenvalue weighted by molar-refractivity contribution is 5.96. The summed E-state index contributed by atoms with van der Waals surface area (Å²) >= 11 is 0. The van der Waals surface area contributed by atoms with Gasteiger partial charge in [0, 0.05) is 35.3 Å². The third kappa shape index (κ3) is 5.36. The molecule has 3 aromatic rings. The van der Waals surface area contributed by atoms with Gasteiger partial charge in [0.1, 0.15) is 18.2 Å². The van der Waals surface area contributed by atoms with Crippen molar-refractivity contribution in [2.75, 3.05) is 13.2 Å². The number of ether oxygens (including phenoxy) is 1. The predicted molar refractivity (Wildman–Crippen MR) is 110 cm³/mol. The van der Waals surface area contributed by atoms with E-state index in [0.29, 0.717) is 17.1 Å². The van der Waals surface area contributed by atoms with Gasteiger partial charge in [-0.2, -0.15) is 0 Å². The van der Waals surface area contributed by atoms with Crippen LogP contribution in [0.5, 0.6) is 5.75 Å². The van der Waals surface area contributed by atoms with E-state index in [1.165, 1.54) is 0 Å². The van der Waals surface area contributed by atoms with E-state index in [2.05, 4.69) is 20.3 Å². The van der Waals surface area contributed by atoms with Crippen LogP contribution in [0.25, 0.3) is 11.3 Å². The summed E-state index contributed by atoms with van der Waals surface area (Å²) in [5, 5.41) is 12.0. The molecule has 0 aliphatic carbocycles. The maximum atomic E-state index is 12.9. The van der Waals surface area contributed by atoms with Crippen molar-refractivity contribution in [2.24, 2.45) is 0 Å². The van der Waals surface area contributed by atoms with Crippen LogP contribution in [0.2, 0.25) is 0 Å². The van der Waals surface area contributed by atoms with E-state index < -0.39 is 0 Å². The van der Waals surface area contributed by atoms with Crippen molar-refractivity contribution >= 4 is 5.91 Å². The number of hydrogen-bond acceptors (Lipinski definition) is 6. The van der Waals surface area contributed by atoms with Crippen molar-refractivity contribution < 1.29 is 14.6 Å². The molecule has 1 amide bonds. The molecule has 0 aliphatic rings. The Hall–Kier alpha value is -3.32. The molecule has 0 aliphatic heterocycles. The largest absolute Gasteiger partial charge is 0.491 e. The Labute approximate surface area is 169 Å². The average molecular weight is 392 g/mol. The van der Waals surface area contributed by atoms with Gasteiger partial charge in [0.2, 0.25) is 0 Å². The van der Waals surface area contributed by atoms with E-state index in [-0.39, 0.29) is 25.2 Å². The van der Waals surface area contributed by atoms with Gasteiger partial charge < -0.3 is 15.2 Å². The molecule has 0 bridgehead atoms. The first kappa shape index (κ1) is 20.4. The normalized spacial score (nSPS) is 11.7. The summed E-state index contributed by atoms with van der Waals surface area (Å²) in [6.07, 6.45) is 5.18. The third-order valence-electron chi connectivity index (χ3n) is 4.38. The summed E-state index contributed by atoms with van der Waals surface area (Å²) in [5.74, 6) is 0.924. The smallest absolute Gasteiger partial charge is 0.251 e. The number of nitrogens with one attached hydrogen (secondary N) is 1. The Morgan fingerprint density at radius 2 is 1.86 bits per heavy atom. The fourth-order valence-corrected chi connectivity index (χ4v) is 2.75. The van der Waals surface area contributed by atoms with E-state index in [4.69, 9.17) is 9.84 Å². The summed E-state index contributed by atoms with van der Waals surface area (Å²) in [6.45, 7) is 5.68. The monoisotopic (exact) mass is 392 g/mol. The first-order valence-electron chi connectivity index (χ1n) is 9.37. The van der Waals surface area contributed by atoms with Gasteiger partial charge in [-0.25, -0.2) is 9.97 Å². The molecule has 0 unspecified atom stereocenters. The zero-order valence-electron chi connectivity index (χ0n) is 16.7. The molecule has 7 heteroatoms. The zero-order valence-corrected chi connectivity index (χ0v) is 16.7. The molecule has 150 valence electrons. The predicted octanol–water partition coefficient (Wildman–Crippen LogP) is 3.02. The number of carbonyl (C=O) groups is 1. The fourth-order valence-electron chi connectivity index (χ4n) is 2.75. The van der Waals surface area contributed by atoms with Crippen LogP contribution >= 0.6 is 0 Å². The number of aliphatic hydroxyl groups is 1. The van der Waals surface area contributed by atoms with E-state index in [9.17, 15) is 4.79 Å². The van der Waals surface area contributed by atoms with Gasteiger partial charge >= 0.3 is 0 Å². The molecule has 0 saturated carbocycles. The van der Waals surface area contributed by atoms with Crippen molar-refractivity contribution in [1.29, 1.82) is 0 Å². The maximum Gasteiger partial charge on any atom is 0.251 e. The van der Waals surface area contributed by atoms with Gasteiger partial charge in [-0.1, -0.05) is 6.07 Å². The van der Waals surface area contributed by atoms with Crippen LogP contribution in [0, 0.1) is 13.8 Å². The summed E-state index contributed by atoms with van der Waals surface area (Å²) < 4.78 is 5.56. The first-order valence-corrected chi connectivity index (χ1v) is 9.37. The number of rotatable bonds is 7. The molecule has 1 aromatic carbocycles. The molecule has 0 saturated heterocycles. The lowest BCUT2D eigenvalue weighted by atomic mass is 10.0. The SMILES string of the molecule is Cc1ccc(-c2cc(OCCO)cc(C(=O)N[C@H](C)c3cnc(C)nc3)c2)nc1. The lowest BCUT2D eigenvalue weighted by Gasteiger charge is -2.15. The molecule has 2 N–H and O–H groups in total. The van der Waals surface area contributed by atoms with Crippen LogP contribution in [0.3, 0.4) is 0 Å². The minimum absolute atomic E-state index is 0.112. The van der Waals surface area contributed by atoms with Crippen LogP contribution in [-0.2, 0) is 0 Å². The Bertz CT molecular complexity index is 972. The number of aromatic nitrogens is 3. The van der Waals surface area contributed by atoms with Crippen LogP contribution in [-0.4, -0.2) is 39.2 Å². The van der Waals surface area contributed by atoms with Gasteiger partial charge in [0.05, 0.1) is 18.3 Å². The first-order chi connectivity index (χ1) is 14.0. The van der Waals surface area contributed by atoms with E-state index in [0.717, 1.165) is 22.4 Å². The summed E-state index contributed by atoms with van der Waals surface area (Å²) in [6, 6.07) is 8.84. The molecule has 29 heavy (non-hydrogen) atoms. The zero-order chi connectivity index (χ0) is 20.8. The van der Waals surface area contributed by atoms with Crippen molar-refractivity contribution in [2.45, 2.75) is 26.8 Å². The Balaban J connectivity index is 1.87. The molecule has 2 aromatic heterocycles. The van der Waals surface area contributed by atoms with Crippen molar-refractivity contribution in [1.82, 2.24) is 20.3 Å². The number of aliphatic hydroxyl groups excluding tert-OH is 1. The molecule has 7 nitrogen and oxygen atoms in total. The van der Waals surface area contributed by atoms with Crippen molar-refractivity contribution in [3.8, 4) is 17.0 Å². The molecule has 0 spiro atoms. The molecule has 2 heterocycles. The lowest BCUT2D eigenvalue weighted by Crippen LogP contribution is -2.27. The van der Waals surface area contributed by atoms with Gasteiger partial charge in [0.15, 0.2) is 0 Å². The minimum atomic E-state index is -0.258. The third-order valence-corrected chi connectivity index (χ3v) is 4.38. The van der Waals surface area contributed by atoms with Gasteiger partial charge in [0.25, 0.3) is 5.91 Å². The molecule has 3 rings (SSSR count). The Morgan fingerprint density at radius 1 is 1.10 bits per heavy atom. The minimum Gasteiger partial charge on any atom is -0.491 e. The highest BCUT2D eigenvalue weighted by Gasteiger charge is 2.15. The molecule has 0 fully saturated rings. The molecule has 1 atom stereocenters. The molecular formula is C22H24N4O3. The number of benzene rings is 1. The number of carbonyl (C=O) groups excluding carboxylic acids is 1. The Morgan fingerprint density at radius 3 is 2.52 bits per heavy atom. The second-order valence-corrected chi connectivity index (χ2v) is 6.80. The number of aryl methyl sites for hydroxylation is 2. The highest BCUT2D eigenvalue weighted by atomic mass is 16.5. The van der Waals surface area contributed by atoms with Crippen LogP contribution in [0.15, 0.2) is 48.9 Å². The second kappa shape index (κ2) is 9.25. The van der Waals surface area contributed by atoms with Gasteiger partial charge in [-0.05, 0) is 50.6 Å². The van der Waals surface area contributed by atoms with E-state index in [1.807, 2.05) is 32.9 Å². The topological polar surface area (TPSA) is 97.2 Å². The second-order valence-electron chi connectivity index (χ2n) is 6.80. The van der Waals surface area contributed by atoms with Gasteiger partial charge in [-0.15, -0.1) is 0 Å². The number of hydrogen-bond donors (Lipinski definition) is 2.